The SMILES string of the molecule is C=CCOC(=O)/C(=C\c1ccc(Cl)cc1)NC(=O)c1ccc(OCCCC)cc1. The molecule has 0 aromatic heterocycles. The third-order valence-corrected chi connectivity index (χ3v) is 4.12. The van der Waals surface area contributed by atoms with E-state index in [2.05, 4.69) is 18.8 Å². The Morgan fingerprint density at radius 2 is 1.79 bits per heavy atom. The number of hydrogen-bond acceptors (Lipinski definition) is 4. The van der Waals surface area contributed by atoms with Crippen LogP contribution in [0.25, 0.3) is 6.08 Å². The average molecular weight is 414 g/mol. The zero-order valence-electron chi connectivity index (χ0n) is 16.3. The Morgan fingerprint density at radius 1 is 1.10 bits per heavy atom. The molecule has 0 saturated carbocycles. The van der Waals surface area contributed by atoms with Gasteiger partial charge in [-0.25, -0.2) is 4.79 Å². The second-order valence-corrected chi connectivity index (χ2v) is 6.61. The lowest BCUT2D eigenvalue weighted by Gasteiger charge is -2.10. The highest BCUT2D eigenvalue weighted by Crippen LogP contribution is 2.15. The van der Waals surface area contributed by atoms with Gasteiger partial charge in [-0.2, -0.15) is 0 Å². The maximum absolute atomic E-state index is 12.6. The average Bonchev–Trinajstić information content (AvgIpc) is 2.73. The Hall–Kier alpha value is -3.05. The summed E-state index contributed by atoms with van der Waals surface area (Å²) in [5.74, 6) is -0.397. The summed E-state index contributed by atoms with van der Waals surface area (Å²) in [5, 5.41) is 3.19. The monoisotopic (exact) mass is 413 g/mol. The van der Waals surface area contributed by atoms with Crippen molar-refractivity contribution in [2.45, 2.75) is 19.8 Å². The molecule has 0 unspecified atom stereocenters. The molecule has 0 aliphatic heterocycles. The van der Waals surface area contributed by atoms with Gasteiger partial charge in [0.05, 0.1) is 6.61 Å². The van der Waals surface area contributed by atoms with Crippen molar-refractivity contribution in [3.05, 3.63) is 83.0 Å². The Morgan fingerprint density at radius 3 is 2.41 bits per heavy atom. The summed E-state index contributed by atoms with van der Waals surface area (Å²) < 4.78 is 10.7. The number of esters is 1. The van der Waals surface area contributed by atoms with Gasteiger partial charge in [0.25, 0.3) is 5.91 Å². The van der Waals surface area contributed by atoms with E-state index in [4.69, 9.17) is 21.1 Å². The number of nitrogens with one attached hydrogen (secondary N) is 1. The lowest BCUT2D eigenvalue weighted by molar-refractivity contribution is -0.138. The minimum Gasteiger partial charge on any atom is -0.494 e. The van der Waals surface area contributed by atoms with Crippen molar-refractivity contribution in [3.8, 4) is 5.75 Å². The summed E-state index contributed by atoms with van der Waals surface area (Å²) in [5.41, 5.74) is 1.11. The smallest absolute Gasteiger partial charge is 0.355 e. The molecule has 2 aromatic carbocycles. The quantitative estimate of drug-likeness (QED) is 0.257. The molecule has 0 aliphatic rings. The van der Waals surface area contributed by atoms with Crippen LogP contribution in [0.5, 0.6) is 5.75 Å². The summed E-state index contributed by atoms with van der Waals surface area (Å²) >= 11 is 5.89. The second-order valence-electron chi connectivity index (χ2n) is 6.18. The summed E-state index contributed by atoms with van der Waals surface area (Å²) in [6.07, 6.45) is 5.00. The molecule has 6 heteroatoms. The lowest BCUT2D eigenvalue weighted by Crippen LogP contribution is -2.28. The fraction of sp³-hybridized carbons (Fsp3) is 0.217. The molecule has 2 rings (SSSR count). The van der Waals surface area contributed by atoms with Gasteiger partial charge < -0.3 is 14.8 Å². The van der Waals surface area contributed by atoms with E-state index in [1.54, 1.807) is 48.5 Å². The molecule has 0 fully saturated rings. The number of ether oxygens (including phenoxy) is 2. The predicted molar refractivity (Wildman–Crippen MR) is 115 cm³/mol. The van der Waals surface area contributed by atoms with Gasteiger partial charge in [-0.15, -0.1) is 0 Å². The topological polar surface area (TPSA) is 64.6 Å². The fourth-order valence-corrected chi connectivity index (χ4v) is 2.44. The van der Waals surface area contributed by atoms with Crippen molar-refractivity contribution >= 4 is 29.6 Å². The van der Waals surface area contributed by atoms with Gasteiger partial charge in [0.15, 0.2) is 0 Å². The standard InChI is InChI=1S/C23H24ClNO4/c1-3-5-15-28-20-12-8-18(9-13-20)22(26)25-21(23(27)29-14-4-2)16-17-6-10-19(24)11-7-17/h4,6-13,16H,2-3,5,14-15H2,1H3,(H,25,26)/b21-16+. The minimum atomic E-state index is -0.660. The molecular weight excluding hydrogens is 390 g/mol. The normalized spacial score (nSPS) is 10.9. The highest BCUT2D eigenvalue weighted by molar-refractivity contribution is 6.30. The Bertz CT molecular complexity index is 857. The van der Waals surface area contributed by atoms with E-state index in [0.717, 1.165) is 12.8 Å². The summed E-state index contributed by atoms with van der Waals surface area (Å²) in [7, 11) is 0. The van der Waals surface area contributed by atoms with Crippen molar-refractivity contribution in [2.24, 2.45) is 0 Å². The van der Waals surface area contributed by atoms with Gasteiger partial charge in [0.2, 0.25) is 0 Å². The first-order valence-corrected chi connectivity index (χ1v) is 9.70. The summed E-state index contributed by atoms with van der Waals surface area (Å²) in [6.45, 7) is 6.28. The molecular formula is C23H24ClNO4. The van der Waals surface area contributed by atoms with Crippen molar-refractivity contribution in [3.63, 3.8) is 0 Å². The van der Waals surface area contributed by atoms with Crippen LogP contribution in [0, 0.1) is 0 Å². The van der Waals surface area contributed by atoms with Crippen LogP contribution < -0.4 is 10.1 Å². The molecule has 1 amide bonds. The zero-order chi connectivity index (χ0) is 21.1. The molecule has 0 atom stereocenters. The molecule has 0 bridgehead atoms. The number of carbonyl (C=O) groups is 2. The van der Waals surface area contributed by atoms with Crippen LogP contribution >= 0.6 is 11.6 Å². The maximum Gasteiger partial charge on any atom is 0.355 e. The highest BCUT2D eigenvalue weighted by atomic mass is 35.5. The van der Waals surface area contributed by atoms with Crippen LogP contribution in [0.15, 0.2) is 66.9 Å². The van der Waals surface area contributed by atoms with Gasteiger partial charge in [-0.1, -0.05) is 49.7 Å². The van der Waals surface area contributed by atoms with Crippen molar-refractivity contribution < 1.29 is 19.1 Å². The van der Waals surface area contributed by atoms with Crippen LogP contribution in [0.2, 0.25) is 5.02 Å². The summed E-state index contributed by atoms with van der Waals surface area (Å²) in [6, 6.07) is 13.6. The third-order valence-electron chi connectivity index (χ3n) is 3.86. The first-order valence-electron chi connectivity index (χ1n) is 9.33. The highest BCUT2D eigenvalue weighted by Gasteiger charge is 2.16. The largest absolute Gasteiger partial charge is 0.494 e. The molecule has 29 heavy (non-hydrogen) atoms. The third kappa shape index (κ3) is 7.47. The van der Waals surface area contributed by atoms with E-state index < -0.39 is 11.9 Å². The van der Waals surface area contributed by atoms with Crippen molar-refractivity contribution in [2.75, 3.05) is 13.2 Å². The lowest BCUT2D eigenvalue weighted by atomic mass is 10.1. The van der Waals surface area contributed by atoms with Crippen LogP contribution in [-0.4, -0.2) is 25.1 Å². The number of halogens is 1. The molecule has 5 nitrogen and oxygen atoms in total. The molecule has 152 valence electrons. The minimum absolute atomic E-state index is 0.0162. The fourth-order valence-electron chi connectivity index (χ4n) is 2.32. The van der Waals surface area contributed by atoms with Crippen molar-refractivity contribution in [1.82, 2.24) is 5.32 Å². The van der Waals surface area contributed by atoms with Gasteiger partial charge in [0.1, 0.15) is 18.1 Å². The van der Waals surface area contributed by atoms with E-state index in [1.165, 1.54) is 12.2 Å². The number of carbonyl (C=O) groups excluding carboxylic acids is 2. The van der Waals surface area contributed by atoms with Gasteiger partial charge >= 0.3 is 5.97 Å². The van der Waals surface area contributed by atoms with Gasteiger partial charge in [0, 0.05) is 10.6 Å². The molecule has 2 aromatic rings. The van der Waals surface area contributed by atoms with E-state index in [9.17, 15) is 9.59 Å². The van der Waals surface area contributed by atoms with Gasteiger partial charge in [-0.3, -0.25) is 4.79 Å². The number of unbranched alkanes of at least 4 members (excludes halogenated alkanes) is 1. The molecule has 0 saturated heterocycles. The number of benzene rings is 2. The summed E-state index contributed by atoms with van der Waals surface area (Å²) in [4.78, 5) is 24.9. The molecule has 0 spiro atoms. The Balaban J connectivity index is 2.14. The van der Waals surface area contributed by atoms with Crippen LogP contribution in [0.1, 0.15) is 35.7 Å². The Kier molecular flexibility index (Phi) is 8.99. The zero-order valence-corrected chi connectivity index (χ0v) is 17.1. The first-order chi connectivity index (χ1) is 14.0. The molecule has 1 N–H and O–H groups in total. The molecule has 0 radical (unpaired) electrons. The maximum atomic E-state index is 12.6. The van der Waals surface area contributed by atoms with E-state index in [1.807, 2.05) is 0 Å². The molecule has 0 heterocycles. The number of amides is 1. The van der Waals surface area contributed by atoms with Crippen LogP contribution in [-0.2, 0) is 9.53 Å². The van der Waals surface area contributed by atoms with Crippen LogP contribution in [0.4, 0.5) is 0 Å². The second kappa shape index (κ2) is 11.7. The van der Waals surface area contributed by atoms with Gasteiger partial charge in [-0.05, 0) is 54.5 Å². The number of hydrogen-bond donors (Lipinski definition) is 1. The molecule has 0 aliphatic carbocycles. The number of rotatable bonds is 10. The predicted octanol–water partition coefficient (Wildman–Crippen LogP) is 5.02. The van der Waals surface area contributed by atoms with E-state index in [-0.39, 0.29) is 12.3 Å². The van der Waals surface area contributed by atoms with Crippen molar-refractivity contribution in [1.29, 1.82) is 0 Å². The Labute approximate surface area is 176 Å². The van der Waals surface area contributed by atoms with E-state index in [0.29, 0.717) is 28.5 Å². The van der Waals surface area contributed by atoms with E-state index >= 15 is 0 Å². The van der Waals surface area contributed by atoms with Crippen LogP contribution in [0.3, 0.4) is 0 Å². The first kappa shape index (κ1) is 22.2.